The first-order chi connectivity index (χ1) is 25.2. The Balaban J connectivity index is 5.20. The van der Waals surface area contributed by atoms with Crippen molar-refractivity contribution in [1.82, 2.24) is 9.80 Å². The maximum atomic E-state index is 13.7. The van der Waals surface area contributed by atoms with Gasteiger partial charge in [-0.1, -0.05) is 162 Å². The number of rotatable bonds is 40. The number of carbonyl (C=O) groups excluding carboxylic acids is 1. The molecule has 2 atom stereocenters. The smallest absolute Gasteiger partial charge is 0.306 e. The van der Waals surface area contributed by atoms with Gasteiger partial charge in [-0.2, -0.15) is 0 Å². The van der Waals surface area contributed by atoms with Crippen molar-refractivity contribution in [2.24, 2.45) is 11.8 Å². The normalized spacial score (nSPS) is 12.8. The van der Waals surface area contributed by atoms with Crippen molar-refractivity contribution in [1.29, 1.82) is 0 Å². The fourth-order valence-corrected chi connectivity index (χ4v) is 7.96. The first-order valence-corrected chi connectivity index (χ1v) is 22.6. The molecule has 7 nitrogen and oxygen atoms in total. The molecule has 0 aromatic carbocycles. The van der Waals surface area contributed by atoms with E-state index < -0.39 is 11.9 Å². The molecule has 0 spiro atoms. The SMILES string of the molecule is CCCCCCCC(=O)N(CCCN(C)C)C(CCCCCCCCC(=O)O)CCCCCCCC(C(=O)O)C(CCCCCC)CCCCCC. The van der Waals surface area contributed by atoms with Crippen molar-refractivity contribution < 1.29 is 24.6 Å². The Labute approximate surface area is 322 Å². The lowest BCUT2D eigenvalue weighted by Crippen LogP contribution is -2.41. The molecule has 0 aromatic heterocycles. The fourth-order valence-electron chi connectivity index (χ4n) is 7.96. The van der Waals surface area contributed by atoms with Crippen LogP contribution in [0.25, 0.3) is 0 Å². The summed E-state index contributed by atoms with van der Waals surface area (Å²) < 4.78 is 0. The number of aliphatic carboxylic acids is 2. The van der Waals surface area contributed by atoms with Crippen LogP contribution in [-0.4, -0.2) is 71.1 Å². The first-order valence-electron chi connectivity index (χ1n) is 22.6. The Bertz CT molecular complexity index is 823. The second-order valence-electron chi connectivity index (χ2n) is 16.4. The van der Waals surface area contributed by atoms with E-state index in [4.69, 9.17) is 5.11 Å². The van der Waals surface area contributed by atoms with Gasteiger partial charge in [0.25, 0.3) is 0 Å². The molecule has 0 heterocycles. The topological polar surface area (TPSA) is 98.2 Å². The van der Waals surface area contributed by atoms with Gasteiger partial charge in [0.2, 0.25) is 5.91 Å². The van der Waals surface area contributed by atoms with Crippen molar-refractivity contribution in [2.45, 2.75) is 232 Å². The Kier molecular flexibility index (Phi) is 35.2. The summed E-state index contributed by atoms with van der Waals surface area (Å²) in [5, 5.41) is 19.2. The molecule has 0 aliphatic heterocycles. The number of nitrogens with zero attached hydrogens (tertiary/aromatic N) is 2. The molecule has 0 aliphatic rings. The summed E-state index contributed by atoms with van der Waals surface area (Å²) in [6.45, 7) is 8.52. The van der Waals surface area contributed by atoms with E-state index in [1.165, 1.54) is 57.8 Å². The largest absolute Gasteiger partial charge is 0.481 e. The zero-order chi connectivity index (χ0) is 38.7. The number of carbonyl (C=O) groups is 3. The molecule has 52 heavy (non-hydrogen) atoms. The van der Waals surface area contributed by atoms with E-state index in [2.05, 4.69) is 44.7 Å². The van der Waals surface area contributed by atoms with Gasteiger partial charge in [0.1, 0.15) is 0 Å². The van der Waals surface area contributed by atoms with E-state index in [0.29, 0.717) is 18.2 Å². The summed E-state index contributed by atoms with van der Waals surface area (Å²) in [4.78, 5) is 41.5. The van der Waals surface area contributed by atoms with Crippen LogP contribution in [0.1, 0.15) is 226 Å². The van der Waals surface area contributed by atoms with Crippen molar-refractivity contribution in [3.05, 3.63) is 0 Å². The van der Waals surface area contributed by atoms with Gasteiger partial charge in [-0.25, -0.2) is 0 Å². The molecule has 0 fully saturated rings. The Morgan fingerprint density at radius 3 is 1.33 bits per heavy atom. The van der Waals surface area contributed by atoms with Crippen LogP contribution in [0.5, 0.6) is 0 Å². The van der Waals surface area contributed by atoms with Crippen LogP contribution in [0.4, 0.5) is 0 Å². The van der Waals surface area contributed by atoms with Crippen LogP contribution in [0.3, 0.4) is 0 Å². The average molecular weight is 737 g/mol. The number of amides is 1. The van der Waals surface area contributed by atoms with E-state index >= 15 is 0 Å². The average Bonchev–Trinajstić information content (AvgIpc) is 3.10. The van der Waals surface area contributed by atoms with Gasteiger partial charge >= 0.3 is 11.9 Å². The number of carboxylic acids is 2. The van der Waals surface area contributed by atoms with Crippen LogP contribution < -0.4 is 0 Å². The van der Waals surface area contributed by atoms with Crippen molar-refractivity contribution >= 4 is 17.8 Å². The van der Waals surface area contributed by atoms with Crippen molar-refractivity contribution in [2.75, 3.05) is 27.2 Å². The van der Waals surface area contributed by atoms with E-state index in [1.54, 1.807) is 0 Å². The predicted molar refractivity (Wildman–Crippen MR) is 221 cm³/mol. The number of unbranched alkanes of at least 4 members (excludes halogenated alkanes) is 19. The van der Waals surface area contributed by atoms with Crippen LogP contribution in [-0.2, 0) is 14.4 Å². The Morgan fingerprint density at radius 1 is 0.462 bits per heavy atom. The second-order valence-corrected chi connectivity index (χ2v) is 16.4. The minimum Gasteiger partial charge on any atom is -0.481 e. The lowest BCUT2D eigenvalue weighted by atomic mass is 9.80. The zero-order valence-electron chi connectivity index (χ0n) is 35.3. The van der Waals surface area contributed by atoms with E-state index in [1.807, 2.05) is 0 Å². The molecule has 2 N–H and O–H groups in total. The first kappa shape index (κ1) is 50.4. The summed E-state index contributed by atoms with van der Waals surface area (Å²) in [6.07, 6.45) is 34.2. The third-order valence-electron chi connectivity index (χ3n) is 11.2. The number of carboxylic acid groups (broad SMARTS) is 2. The van der Waals surface area contributed by atoms with E-state index in [0.717, 1.165) is 148 Å². The molecular formula is C45H88N2O5. The van der Waals surface area contributed by atoms with Gasteiger partial charge in [-0.15, -0.1) is 0 Å². The molecule has 0 rings (SSSR count). The molecule has 1 amide bonds. The van der Waals surface area contributed by atoms with E-state index in [-0.39, 0.29) is 18.4 Å². The maximum absolute atomic E-state index is 13.7. The van der Waals surface area contributed by atoms with Gasteiger partial charge in [0.05, 0.1) is 5.92 Å². The van der Waals surface area contributed by atoms with Crippen molar-refractivity contribution in [3.8, 4) is 0 Å². The molecule has 7 heteroatoms. The lowest BCUT2D eigenvalue weighted by Gasteiger charge is -2.33. The number of hydrogen-bond acceptors (Lipinski definition) is 4. The minimum absolute atomic E-state index is 0.200. The van der Waals surface area contributed by atoms with Gasteiger partial charge in [0, 0.05) is 25.4 Å². The quantitative estimate of drug-likeness (QED) is 0.0608. The van der Waals surface area contributed by atoms with Crippen LogP contribution in [0.15, 0.2) is 0 Å². The maximum Gasteiger partial charge on any atom is 0.306 e. The molecule has 0 radical (unpaired) electrons. The number of hydrogen-bond donors (Lipinski definition) is 2. The highest BCUT2D eigenvalue weighted by Crippen LogP contribution is 2.30. The summed E-state index contributed by atoms with van der Waals surface area (Å²) in [7, 11) is 4.21. The molecule has 308 valence electrons. The van der Waals surface area contributed by atoms with Gasteiger partial charge < -0.3 is 20.0 Å². The summed E-state index contributed by atoms with van der Waals surface area (Å²) in [5.41, 5.74) is 0. The molecule has 0 aromatic rings. The fraction of sp³-hybridized carbons (Fsp3) is 0.933. The molecule has 0 saturated heterocycles. The highest BCUT2D eigenvalue weighted by Gasteiger charge is 2.27. The third kappa shape index (κ3) is 29.8. The molecular weight excluding hydrogens is 649 g/mol. The van der Waals surface area contributed by atoms with E-state index in [9.17, 15) is 19.5 Å². The van der Waals surface area contributed by atoms with Crippen molar-refractivity contribution in [3.63, 3.8) is 0 Å². The van der Waals surface area contributed by atoms with Crippen LogP contribution in [0, 0.1) is 11.8 Å². The molecule has 0 saturated carbocycles. The summed E-state index contributed by atoms with van der Waals surface area (Å²) >= 11 is 0. The molecule has 0 aliphatic carbocycles. The monoisotopic (exact) mass is 737 g/mol. The van der Waals surface area contributed by atoms with Gasteiger partial charge in [-0.05, 0) is 77.9 Å². The predicted octanol–water partition coefficient (Wildman–Crippen LogP) is 12.7. The molecule has 0 bridgehead atoms. The third-order valence-corrected chi connectivity index (χ3v) is 11.2. The summed E-state index contributed by atoms with van der Waals surface area (Å²) in [6, 6.07) is 0.287. The lowest BCUT2D eigenvalue weighted by molar-refractivity contribution is -0.144. The zero-order valence-corrected chi connectivity index (χ0v) is 35.3. The van der Waals surface area contributed by atoms with Gasteiger partial charge in [0.15, 0.2) is 0 Å². The molecule has 2 unspecified atom stereocenters. The highest BCUT2D eigenvalue weighted by molar-refractivity contribution is 5.76. The van der Waals surface area contributed by atoms with Gasteiger partial charge in [-0.3, -0.25) is 14.4 Å². The van der Waals surface area contributed by atoms with Crippen LogP contribution >= 0.6 is 0 Å². The van der Waals surface area contributed by atoms with Crippen LogP contribution in [0.2, 0.25) is 0 Å². The highest BCUT2D eigenvalue weighted by atomic mass is 16.4. The second kappa shape index (κ2) is 36.4. The standard InChI is InChI=1S/C45H88N2O5/c1-6-9-12-18-28-36-43(48)47(39-30-38-46(4)5)41(33-25-19-15-16-22-29-37-44(49)50)34-26-20-17-21-27-35-42(45(51)52)40(31-23-13-10-7-2)32-24-14-11-8-3/h40-42H,6-39H2,1-5H3,(H,49,50)(H,51,52). The minimum atomic E-state index is -0.702. The Hall–Kier alpha value is -1.63. The summed E-state index contributed by atoms with van der Waals surface area (Å²) in [5.74, 6) is -0.824. The Morgan fingerprint density at radius 2 is 0.865 bits per heavy atom.